The topological polar surface area (TPSA) is 59.4 Å². The number of amides is 2. The van der Waals surface area contributed by atoms with Gasteiger partial charge >= 0.3 is 6.03 Å². The fourth-order valence-electron chi connectivity index (χ4n) is 3.36. The molecule has 2 amide bonds. The summed E-state index contributed by atoms with van der Waals surface area (Å²) in [5.41, 5.74) is 3.97. The van der Waals surface area contributed by atoms with Crippen molar-refractivity contribution in [2.75, 3.05) is 36.4 Å². The first-order chi connectivity index (χ1) is 12.9. The van der Waals surface area contributed by atoms with Gasteiger partial charge < -0.3 is 15.1 Å². The third kappa shape index (κ3) is 4.40. The summed E-state index contributed by atoms with van der Waals surface area (Å²) in [5.74, 6) is 0. The van der Waals surface area contributed by atoms with Crippen molar-refractivity contribution in [2.24, 2.45) is 0 Å². The molecule has 0 saturated carbocycles. The molecule has 0 atom stereocenters. The fourth-order valence-corrected chi connectivity index (χ4v) is 3.36. The lowest BCUT2D eigenvalue weighted by molar-refractivity contribution is 0.208. The number of benzene rings is 2. The quantitative estimate of drug-likeness (QED) is 0.870. The van der Waals surface area contributed by atoms with Gasteiger partial charge in [-0.1, -0.05) is 39.0 Å². The molecule has 0 bridgehead atoms. The maximum Gasteiger partial charge on any atom is 0.321 e. The molecule has 1 aliphatic rings. The summed E-state index contributed by atoms with van der Waals surface area (Å²) in [5, 5.41) is 11.8. The van der Waals surface area contributed by atoms with Gasteiger partial charge in [-0.25, -0.2) is 4.79 Å². The van der Waals surface area contributed by atoms with Crippen LogP contribution in [0, 0.1) is 11.3 Å². The van der Waals surface area contributed by atoms with Crippen LogP contribution in [-0.2, 0) is 5.41 Å². The Balaban J connectivity index is 1.62. The third-order valence-corrected chi connectivity index (χ3v) is 4.88. The lowest BCUT2D eigenvalue weighted by atomic mass is 9.85. The number of carbonyl (C=O) groups is 1. The van der Waals surface area contributed by atoms with Crippen molar-refractivity contribution in [1.29, 1.82) is 5.26 Å². The molecule has 0 aliphatic carbocycles. The van der Waals surface area contributed by atoms with Gasteiger partial charge in [-0.2, -0.15) is 5.26 Å². The number of hydrogen-bond donors (Lipinski definition) is 1. The Bertz CT molecular complexity index is 838. The Kier molecular flexibility index (Phi) is 5.36. The van der Waals surface area contributed by atoms with E-state index in [2.05, 4.69) is 61.3 Å². The Morgan fingerprint density at radius 2 is 1.63 bits per heavy atom. The molecular weight excluding hydrogens is 336 g/mol. The summed E-state index contributed by atoms with van der Waals surface area (Å²) in [6.45, 7) is 9.68. The predicted molar refractivity (Wildman–Crippen MR) is 109 cm³/mol. The normalized spacial score (nSPS) is 14.6. The lowest BCUT2D eigenvalue weighted by Gasteiger charge is -2.38. The third-order valence-electron chi connectivity index (χ3n) is 4.88. The number of hydrogen-bond acceptors (Lipinski definition) is 3. The van der Waals surface area contributed by atoms with Crippen molar-refractivity contribution in [3.63, 3.8) is 0 Å². The number of nitrogens with one attached hydrogen (secondary N) is 1. The summed E-state index contributed by atoms with van der Waals surface area (Å²) < 4.78 is 0. The molecule has 140 valence electrons. The van der Waals surface area contributed by atoms with E-state index in [1.807, 2.05) is 4.90 Å². The summed E-state index contributed by atoms with van der Waals surface area (Å²) in [7, 11) is 0. The van der Waals surface area contributed by atoms with Gasteiger partial charge in [-0.05, 0) is 41.3 Å². The number of para-hydroxylation sites is 1. The second-order valence-electron chi connectivity index (χ2n) is 7.86. The van der Waals surface area contributed by atoms with Crippen LogP contribution in [0.2, 0.25) is 0 Å². The highest BCUT2D eigenvalue weighted by Crippen LogP contribution is 2.32. The predicted octanol–water partition coefficient (Wildman–Crippen LogP) is 4.21. The highest BCUT2D eigenvalue weighted by Gasteiger charge is 2.25. The summed E-state index contributed by atoms with van der Waals surface area (Å²) in [6.07, 6.45) is 0. The number of piperazine rings is 1. The van der Waals surface area contributed by atoms with Crippen molar-refractivity contribution in [2.45, 2.75) is 26.2 Å². The van der Waals surface area contributed by atoms with Crippen molar-refractivity contribution in [3.05, 3.63) is 59.7 Å². The van der Waals surface area contributed by atoms with Gasteiger partial charge in [-0.15, -0.1) is 0 Å². The second kappa shape index (κ2) is 7.71. The molecule has 1 aliphatic heterocycles. The largest absolute Gasteiger partial charge is 0.368 e. The molecule has 1 heterocycles. The first-order valence-corrected chi connectivity index (χ1v) is 9.29. The molecule has 27 heavy (non-hydrogen) atoms. The van der Waals surface area contributed by atoms with Gasteiger partial charge in [0.15, 0.2) is 0 Å². The molecule has 1 saturated heterocycles. The molecule has 5 nitrogen and oxygen atoms in total. The molecule has 0 radical (unpaired) electrons. The molecule has 0 spiro atoms. The fraction of sp³-hybridized carbons (Fsp3) is 0.364. The van der Waals surface area contributed by atoms with Crippen LogP contribution < -0.4 is 10.2 Å². The maximum atomic E-state index is 12.5. The van der Waals surface area contributed by atoms with Crippen LogP contribution in [-0.4, -0.2) is 37.1 Å². The molecule has 1 N–H and O–H groups in total. The number of carbonyl (C=O) groups excluding carboxylic acids is 1. The first-order valence-electron chi connectivity index (χ1n) is 9.29. The van der Waals surface area contributed by atoms with Crippen LogP contribution >= 0.6 is 0 Å². The summed E-state index contributed by atoms with van der Waals surface area (Å²) in [6, 6.07) is 17.4. The molecule has 3 rings (SSSR count). The molecule has 0 unspecified atom stereocenters. The molecule has 2 aromatic carbocycles. The Morgan fingerprint density at radius 3 is 2.22 bits per heavy atom. The first kappa shape index (κ1) is 18.8. The highest BCUT2D eigenvalue weighted by atomic mass is 16.2. The van der Waals surface area contributed by atoms with Crippen LogP contribution in [0.4, 0.5) is 16.2 Å². The van der Waals surface area contributed by atoms with Gasteiger partial charge in [0.25, 0.3) is 0 Å². The zero-order valence-corrected chi connectivity index (χ0v) is 16.2. The van der Waals surface area contributed by atoms with Gasteiger partial charge in [0, 0.05) is 37.6 Å². The number of urea groups is 1. The van der Waals surface area contributed by atoms with E-state index in [-0.39, 0.29) is 11.4 Å². The number of rotatable bonds is 2. The van der Waals surface area contributed by atoms with E-state index in [0.29, 0.717) is 24.3 Å². The second-order valence-corrected chi connectivity index (χ2v) is 7.86. The van der Waals surface area contributed by atoms with E-state index >= 15 is 0 Å². The van der Waals surface area contributed by atoms with Gasteiger partial charge in [0.05, 0.1) is 11.6 Å². The summed E-state index contributed by atoms with van der Waals surface area (Å²) in [4.78, 5) is 16.7. The van der Waals surface area contributed by atoms with Crippen molar-refractivity contribution < 1.29 is 4.79 Å². The van der Waals surface area contributed by atoms with E-state index in [1.165, 1.54) is 11.3 Å². The van der Waals surface area contributed by atoms with E-state index in [9.17, 15) is 4.79 Å². The van der Waals surface area contributed by atoms with E-state index in [0.717, 1.165) is 13.1 Å². The number of anilines is 2. The van der Waals surface area contributed by atoms with Gasteiger partial charge in [-0.3, -0.25) is 0 Å². The standard InChI is InChI=1S/C22H26N4O/c1-22(2,3)19-6-4-5-7-20(19)25-12-14-26(15-13-25)21(27)24-18-10-8-17(16-23)9-11-18/h4-11H,12-15H2,1-3H3,(H,24,27). The zero-order valence-electron chi connectivity index (χ0n) is 16.2. The Labute approximate surface area is 161 Å². The number of nitrogens with zero attached hydrogens (tertiary/aromatic N) is 3. The average molecular weight is 362 g/mol. The van der Waals surface area contributed by atoms with Gasteiger partial charge in [0.2, 0.25) is 0 Å². The SMILES string of the molecule is CC(C)(C)c1ccccc1N1CCN(C(=O)Nc2ccc(C#N)cc2)CC1. The molecule has 5 heteroatoms. The van der Waals surface area contributed by atoms with Crippen LogP contribution in [0.1, 0.15) is 31.9 Å². The minimum atomic E-state index is -0.0940. The average Bonchev–Trinajstić information content (AvgIpc) is 2.68. The molecule has 2 aromatic rings. The van der Waals surface area contributed by atoms with Crippen molar-refractivity contribution in [1.82, 2.24) is 4.90 Å². The van der Waals surface area contributed by atoms with Crippen molar-refractivity contribution in [3.8, 4) is 6.07 Å². The Hall–Kier alpha value is -3.00. The van der Waals surface area contributed by atoms with Crippen molar-refractivity contribution >= 4 is 17.4 Å². The molecular formula is C22H26N4O. The van der Waals surface area contributed by atoms with E-state index < -0.39 is 0 Å². The van der Waals surface area contributed by atoms with Crippen LogP contribution in [0.25, 0.3) is 0 Å². The van der Waals surface area contributed by atoms with Crippen LogP contribution in [0.3, 0.4) is 0 Å². The summed E-state index contributed by atoms with van der Waals surface area (Å²) >= 11 is 0. The zero-order chi connectivity index (χ0) is 19.4. The molecule has 0 aromatic heterocycles. The smallest absolute Gasteiger partial charge is 0.321 e. The van der Waals surface area contributed by atoms with Gasteiger partial charge in [0.1, 0.15) is 0 Å². The highest BCUT2D eigenvalue weighted by molar-refractivity contribution is 5.89. The van der Waals surface area contributed by atoms with Crippen LogP contribution in [0.15, 0.2) is 48.5 Å². The van der Waals surface area contributed by atoms with E-state index in [4.69, 9.17) is 5.26 Å². The monoisotopic (exact) mass is 362 g/mol. The Morgan fingerprint density at radius 1 is 1.00 bits per heavy atom. The molecule has 1 fully saturated rings. The minimum absolute atomic E-state index is 0.0840. The lowest BCUT2D eigenvalue weighted by Crippen LogP contribution is -2.50. The minimum Gasteiger partial charge on any atom is -0.368 e. The maximum absolute atomic E-state index is 12.5. The van der Waals surface area contributed by atoms with Crippen LogP contribution in [0.5, 0.6) is 0 Å². The number of nitriles is 1. The van der Waals surface area contributed by atoms with E-state index in [1.54, 1.807) is 24.3 Å².